The number of carbonyl (C=O) groups is 1. The summed E-state index contributed by atoms with van der Waals surface area (Å²) < 4.78 is 15.9. The molecule has 0 spiro atoms. The molecule has 0 fully saturated rings. The first-order valence-electron chi connectivity index (χ1n) is 11.8. The van der Waals surface area contributed by atoms with Crippen LogP contribution in [-0.4, -0.2) is 36.8 Å². The van der Waals surface area contributed by atoms with Crippen molar-refractivity contribution in [2.75, 3.05) is 22.0 Å². The van der Waals surface area contributed by atoms with Crippen molar-refractivity contribution in [3.8, 4) is 11.3 Å². The Morgan fingerprint density at radius 2 is 1.82 bits per heavy atom. The zero-order valence-electron chi connectivity index (χ0n) is 20.4. The maximum atomic E-state index is 12.9. The Balaban J connectivity index is 1.28. The van der Waals surface area contributed by atoms with Crippen LogP contribution in [0.15, 0.2) is 102 Å². The maximum absolute atomic E-state index is 12.9. The molecule has 2 heterocycles. The van der Waals surface area contributed by atoms with E-state index in [1.807, 2.05) is 42.6 Å². The summed E-state index contributed by atoms with van der Waals surface area (Å²) in [6.45, 7) is -0.216. The lowest BCUT2D eigenvalue weighted by atomic mass is 10.1. The molecular weight excluding hydrogens is 536 g/mol. The second-order valence-electron chi connectivity index (χ2n) is 8.31. The van der Waals surface area contributed by atoms with Gasteiger partial charge in [-0.2, -0.15) is 0 Å². The van der Waals surface area contributed by atoms with Gasteiger partial charge in [-0.05, 0) is 48.5 Å². The normalized spacial score (nSPS) is 11.9. The number of nitrogens with zero attached hydrogens (tertiary/aromatic N) is 2. The lowest BCUT2D eigenvalue weighted by molar-refractivity contribution is -0.111. The van der Waals surface area contributed by atoms with Crippen LogP contribution in [0, 0.1) is 0 Å². The van der Waals surface area contributed by atoms with Crippen molar-refractivity contribution in [3.05, 3.63) is 102 Å². The summed E-state index contributed by atoms with van der Waals surface area (Å²) in [4.78, 5) is 24.5. The first-order valence-corrected chi connectivity index (χ1v) is 13.4. The van der Waals surface area contributed by atoms with Crippen molar-refractivity contribution >= 4 is 62.4 Å². The first-order chi connectivity index (χ1) is 19.0. The predicted octanol–water partition coefficient (Wildman–Crippen LogP) is 5.64. The van der Waals surface area contributed by atoms with Crippen LogP contribution in [0.3, 0.4) is 0 Å². The van der Waals surface area contributed by atoms with Gasteiger partial charge in [0.05, 0.1) is 28.4 Å². The van der Waals surface area contributed by atoms with Gasteiger partial charge < -0.3 is 25.4 Å². The number of para-hydroxylation sites is 1. The third-order valence-corrected chi connectivity index (χ3v) is 7.03. The zero-order valence-corrected chi connectivity index (χ0v) is 22.0. The van der Waals surface area contributed by atoms with Gasteiger partial charge in [0.15, 0.2) is 0 Å². The van der Waals surface area contributed by atoms with E-state index in [4.69, 9.17) is 16.7 Å². The Morgan fingerprint density at radius 3 is 2.64 bits per heavy atom. The summed E-state index contributed by atoms with van der Waals surface area (Å²) >= 11 is 6.44. The van der Waals surface area contributed by atoms with Crippen molar-refractivity contribution in [2.24, 2.45) is 0 Å². The number of carbonyl (C=O) groups excluding carboxylic acids is 1. The minimum atomic E-state index is -1.55. The van der Waals surface area contributed by atoms with Crippen molar-refractivity contribution in [2.45, 2.75) is 4.90 Å². The maximum Gasteiger partial charge on any atom is 0.248 e. The van der Waals surface area contributed by atoms with Crippen LogP contribution in [-0.2, 0) is 15.8 Å². The quantitative estimate of drug-likeness (QED) is 0.149. The number of hydrogen-bond donors (Lipinski definition) is 5. The molecule has 5 rings (SSSR count). The number of hydrogen-bond acceptors (Lipinski definition) is 6. The van der Waals surface area contributed by atoms with E-state index in [0.29, 0.717) is 38.6 Å². The van der Waals surface area contributed by atoms with E-state index in [1.54, 1.807) is 42.6 Å². The molecule has 0 saturated heterocycles. The summed E-state index contributed by atoms with van der Waals surface area (Å²) in [6.07, 6.45) is 6.01. The topological polar surface area (TPSA) is 132 Å². The van der Waals surface area contributed by atoms with Crippen LogP contribution in [0.5, 0.6) is 0 Å². The third-order valence-electron chi connectivity index (χ3n) is 5.63. The molecule has 2 aromatic heterocycles. The summed E-state index contributed by atoms with van der Waals surface area (Å²) in [7, 11) is -1.55. The highest BCUT2D eigenvalue weighted by Gasteiger charge is 2.13. The second kappa shape index (κ2) is 11.9. The van der Waals surface area contributed by atoms with Crippen molar-refractivity contribution in [1.29, 1.82) is 0 Å². The highest BCUT2D eigenvalue weighted by Crippen LogP contribution is 2.32. The van der Waals surface area contributed by atoms with E-state index in [0.717, 1.165) is 16.5 Å². The van der Waals surface area contributed by atoms with Crippen molar-refractivity contribution in [3.63, 3.8) is 0 Å². The Labute approximate surface area is 231 Å². The minimum Gasteiger partial charge on any atom is -0.392 e. The van der Waals surface area contributed by atoms with Crippen LogP contribution in [0.2, 0.25) is 5.02 Å². The molecule has 11 heteroatoms. The molecule has 9 nitrogen and oxygen atoms in total. The molecule has 196 valence electrons. The second-order valence-corrected chi connectivity index (χ2v) is 9.93. The fraction of sp³-hybridized carbons (Fsp3) is 0.0357. The van der Waals surface area contributed by atoms with Gasteiger partial charge in [-0.15, -0.1) is 0 Å². The van der Waals surface area contributed by atoms with Gasteiger partial charge in [-0.3, -0.25) is 4.79 Å². The fourth-order valence-corrected chi connectivity index (χ4v) is 4.88. The highest BCUT2D eigenvalue weighted by atomic mass is 35.5. The largest absolute Gasteiger partial charge is 0.392 e. The predicted molar refractivity (Wildman–Crippen MR) is 155 cm³/mol. The number of nitrogens with one attached hydrogen (secondary N) is 4. The smallest absolute Gasteiger partial charge is 0.248 e. The Morgan fingerprint density at radius 1 is 1.03 bits per heavy atom. The van der Waals surface area contributed by atoms with Gasteiger partial charge in [-0.25, -0.2) is 14.2 Å². The van der Waals surface area contributed by atoms with Crippen molar-refractivity contribution < 1.29 is 14.1 Å². The monoisotopic (exact) mass is 558 g/mol. The standard InChI is InChI=1S/C28H23ClN6O3S/c29-24-17-31-28(34-27(24)23-16-30-25-8-2-1-7-22(23)25)33-19-5-3-6-20(15-19)35-39(38)21-12-10-18(11-13-21)32-26(37)9-4-14-36/h1-13,15-17,30,35-36H,14H2,(H,32,37)(H,31,33,34)/b9-4+. The lowest BCUT2D eigenvalue weighted by Gasteiger charge is -2.11. The van der Waals surface area contributed by atoms with Gasteiger partial charge in [0.1, 0.15) is 11.0 Å². The third kappa shape index (κ3) is 6.32. The summed E-state index contributed by atoms with van der Waals surface area (Å²) in [6, 6.07) is 21.8. The van der Waals surface area contributed by atoms with Crippen LogP contribution in [0.4, 0.5) is 23.0 Å². The summed E-state index contributed by atoms with van der Waals surface area (Å²) in [5.74, 6) is 0.00280. The first kappa shape index (κ1) is 26.1. The highest BCUT2D eigenvalue weighted by molar-refractivity contribution is 7.86. The number of aromatic amines is 1. The SMILES string of the molecule is O=C(/C=C/CO)Nc1ccc(S(=O)Nc2cccc(Nc3ncc(Cl)c(-c4c[nH]c5ccccc45)n3)c2)cc1. The Hall–Kier alpha value is -4.51. The number of anilines is 4. The molecular formula is C28H23ClN6O3S. The molecule has 5 N–H and O–H groups in total. The average Bonchev–Trinajstić information content (AvgIpc) is 3.37. The van der Waals surface area contributed by atoms with Crippen LogP contribution >= 0.6 is 11.6 Å². The van der Waals surface area contributed by atoms with Gasteiger partial charge in [0.2, 0.25) is 11.9 Å². The lowest BCUT2D eigenvalue weighted by Crippen LogP contribution is -2.09. The van der Waals surface area contributed by atoms with E-state index in [-0.39, 0.29) is 12.5 Å². The van der Waals surface area contributed by atoms with E-state index >= 15 is 0 Å². The Kier molecular flexibility index (Phi) is 7.97. The van der Waals surface area contributed by atoms with Gasteiger partial charge in [0.25, 0.3) is 0 Å². The minimum absolute atomic E-state index is 0.216. The van der Waals surface area contributed by atoms with Gasteiger partial charge >= 0.3 is 0 Å². The molecule has 1 unspecified atom stereocenters. The molecule has 0 aliphatic heterocycles. The van der Waals surface area contributed by atoms with E-state index in [9.17, 15) is 9.00 Å². The molecule has 3 aromatic carbocycles. The number of H-pyrrole nitrogens is 1. The fourth-order valence-electron chi connectivity index (χ4n) is 3.84. The van der Waals surface area contributed by atoms with E-state index in [2.05, 4.69) is 30.3 Å². The van der Waals surface area contributed by atoms with E-state index in [1.165, 1.54) is 12.2 Å². The number of rotatable bonds is 9. The summed E-state index contributed by atoms with van der Waals surface area (Å²) in [5, 5.41) is 16.0. The number of aliphatic hydroxyl groups excluding tert-OH is 1. The molecule has 39 heavy (non-hydrogen) atoms. The summed E-state index contributed by atoms with van der Waals surface area (Å²) in [5.41, 5.74) is 4.32. The van der Waals surface area contributed by atoms with Crippen LogP contribution < -0.4 is 15.4 Å². The Bertz CT molecular complexity index is 1690. The van der Waals surface area contributed by atoms with Crippen LogP contribution in [0.1, 0.15) is 0 Å². The van der Waals surface area contributed by atoms with Crippen molar-refractivity contribution in [1.82, 2.24) is 15.0 Å². The number of fused-ring (bicyclic) bond motifs is 1. The molecule has 0 aliphatic rings. The number of aromatic nitrogens is 3. The number of aliphatic hydroxyl groups is 1. The van der Waals surface area contributed by atoms with Gasteiger partial charge in [0, 0.05) is 45.8 Å². The average molecular weight is 559 g/mol. The molecule has 1 atom stereocenters. The molecule has 0 bridgehead atoms. The van der Waals surface area contributed by atoms with Crippen LogP contribution in [0.25, 0.3) is 22.2 Å². The zero-order chi connectivity index (χ0) is 27.2. The van der Waals surface area contributed by atoms with E-state index < -0.39 is 11.0 Å². The number of halogens is 1. The molecule has 0 radical (unpaired) electrons. The molecule has 5 aromatic rings. The number of benzene rings is 3. The molecule has 0 saturated carbocycles. The molecule has 1 amide bonds. The van der Waals surface area contributed by atoms with Gasteiger partial charge in [-0.1, -0.05) is 41.9 Å². The molecule has 0 aliphatic carbocycles. The number of amides is 1.